The maximum absolute atomic E-state index is 10.8. The number of rotatable bonds is 5. The molecule has 0 aromatic heterocycles. The van der Waals surface area contributed by atoms with E-state index in [0.717, 1.165) is 5.56 Å². The van der Waals surface area contributed by atoms with Crippen molar-refractivity contribution in [1.82, 2.24) is 5.32 Å². The van der Waals surface area contributed by atoms with E-state index < -0.39 is 18.1 Å². The van der Waals surface area contributed by atoms with Gasteiger partial charge < -0.3 is 10.2 Å². The molecule has 0 unspecified atom stereocenters. The minimum atomic E-state index is -1.07. The summed E-state index contributed by atoms with van der Waals surface area (Å²) in [7, 11) is 0. The second-order valence-electron chi connectivity index (χ2n) is 3.56. The number of aliphatic hydroxyl groups is 1. The van der Waals surface area contributed by atoms with Gasteiger partial charge in [-0.1, -0.05) is 23.7 Å². The predicted octanol–water partition coefficient (Wildman–Crippen LogP) is 1.26. The molecule has 0 aliphatic carbocycles. The summed E-state index contributed by atoms with van der Waals surface area (Å²) >= 11 is 5.72. The van der Waals surface area contributed by atoms with Crippen molar-refractivity contribution in [3.05, 3.63) is 34.9 Å². The van der Waals surface area contributed by atoms with Crippen LogP contribution in [-0.2, 0) is 11.3 Å². The summed E-state index contributed by atoms with van der Waals surface area (Å²) < 4.78 is 0. The number of carboxylic acids is 1. The Balaban J connectivity index is 2.55. The average molecular weight is 244 g/mol. The third kappa shape index (κ3) is 3.81. The Labute approximate surface area is 98.9 Å². The highest BCUT2D eigenvalue weighted by molar-refractivity contribution is 6.30. The molecule has 4 nitrogen and oxygen atoms in total. The fourth-order valence-corrected chi connectivity index (χ4v) is 1.42. The third-order valence-corrected chi connectivity index (χ3v) is 2.44. The largest absolute Gasteiger partial charge is 0.480 e. The van der Waals surface area contributed by atoms with Gasteiger partial charge in [-0.05, 0) is 24.6 Å². The number of benzene rings is 1. The van der Waals surface area contributed by atoms with Crippen molar-refractivity contribution in [2.24, 2.45) is 0 Å². The normalized spacial score (nSPS) is 14.4. The molecule has 0 aliphatic rings. The van der Waals surface area contributed by atoms with E-state index in [0.29, 0.717) is 11.6 Å². The summed E-state index contributed by atoms with van der Waals surface area (Å²) in [6.07, 6.45) is -0.940. The fraction of sp³-hybridized carbons (Fsp3) is 0.364. The second kappa shape index (κ2) is 5.84. The van der Waals surface area contributed by atoms with E-state index in [4.69, 9.17) is 16.7 Å². The molecular formula is C11H14ClNO3. The van der Waals surface area contributed by atoms with Crippen LogP contribution in [0.2, 0.25) is 5.02 Å². The molecule has 1 aromatic rings. The molecule has 16 heavy (non-hydrogen) atoms. The lowest BCUT2D eigenvalue weighted by Crippen LogP contribution is -2.44. The van der Waals surface area contributed by atoms with Crippen molar-refractivity contribution in [2.75, 3.05) is 0 Å². The summed E-state index contributed by atoms with van der Waals surface area (Å²) in [4.78, 5) is 10.8. The molecule has 0 amide bonds. The van der Waals surface area contributed by atoms with Crippen molar-refractivity contribution in [3.8, 4) is 0 Å². The molecule has 0 aliphatic heterocycles. The molecule has 88 valence electrons. The van der Waals surface area contributed by atoms with E-state index in [1.54, 1.807) is 24.3 Å². The molecule has 0 saturated carbocycles. The molecule has 5 heteroatoms. The first-order valence-corrected chi connectivity index (χ1v) is 5.27. The van der Waals surface area contributed by atoms with Crippen molar-refractivity contribution < 1.29 is 15.0 Å². The first-order valence-electron chi connectivity index (χ1n) is 4.89. The van der Waals surface area contributed by atoms with Gasteiger partial charge in [-0.3, -0.25) is 10.1 Å². The fourth-order valence-electron chi connectivity index (χ4n) is 1.29. The molecule has 0 spiro atoms. The van der Waals surface area contributed by atoms with E-state index in [2.05, 4.69) is 5.32 Å². The smallest absolute Gasteiger partial charge is 0.323 e. The van der Waals surface area contributed by atoms with Crippen molar-refractivity contribution in [1.29, 1.82) is 0 Å². The summed E-state index contributed by atoms with van der Waals surface area (Å²) in [5, 5.41) is 21.5. The molecule has 1 rings (SSSR count). The van der Waals surface area contributed by atoms with Crippen LogP contribution in [-0.4, -0.2) is 28.3 Å². The van der Waals surface area contributed by atoms with Crippen LogP contribution in [0.3, 0.4) is 0 Å². The Kier molecular flexibility index (Phi) is 4.73. The van der Waals surface area contributed by atoms with Gasteiger partial charge in [-0.25, -0.2) is 0 Å². The molecule has 0 radical (unpaired) electrons. The molecular weight excluding hydrogens is 230 g/mol. The monoisotopic (exact) mass is 243 g/mol. The number of halogens is 1. The molecule has 1 aromatic carbocycles. The van der Waals surface area contributed by atoms with Crippen LogP contribution in [0.1, 0.15) is 12.5 Å². The minimum Gasteiger partial charge on any atom is -0.480 e. The lowest BCUT2D eigenvalue weighted by molar-refractivity contribution is -0.142. The van der Waals surface area contributed by atoms with Gasteiger partial charge in [0.2, 0.25) is 0 Å². The second-order valence-corrected chi connectivity index (χ2v) is 4.00. The highest BCUT2D eigenvalue weighted by Crippen LogP contribution is 2.09. The van der Waals surface area contributed by atoms with Crippen molar-refractivity contribution in [3.63, 3.8) is 0 Å². The standard InChI is InChI=1S/C11H14ClNO3/c1-7(14)10(11(15)16)13-6-8-2-4-9(12)5-3-8/h2-5,7,10,13-14H,6H2,1H3,(H,15,16)/t7-,10+/m1/s1. The van der Waals surface area contributed by atoms with Crippen LogP contribution >= 0.6 is 11.6 Å². The van der Waals surface area contributed by atoms with Gasteiger partial charge in [0, 0.05) is 11.6 Å². The summed E-state index contributed by atoms with van der Waals surface area (Å²) in [5.41, 5.74) is 0.913. The summed E-state index contributed by atoms with van der Waals surface area (Å²) in [6.45, 7) is 1.81. The first-order chi connectivity index (χ1) is 7.50. The number of hydrogen-bond donors (Lipinski definition) is 3. The van der Waals surface area contributed by atoms with Crippen LogP contribution in [0.5, 0.6) is 0 Å². The van der Waals surface area contributed by atoms with Gasteiger partial charge in [0.15, 0.2) is 0 Å². The van der Waals surface area contributed by atoms with Crippen LogP contribution in [0, 0.1) is 0 Å². The summed E-state index contributed by atoms with van der Waals surface area (Å²) in [6, 6.07) is 6.11. The van der Waals surface area contributed by atoms with Crippen molar-refractivity contribution >= 4 is 17.6 Å². The van der Waals surface area contributed by atoms with E-state index in [1.165, 1.54) is 6.92 Å². The highest BCUT2D eigenvalue weighted by atomic mass is 35.5. The third-order valence-electron chi connectivity index (χ3n) is 2.19. The maximum Gasteiger partial charge on any atom is 0.323 e. The summed E-state index contributed by atoms with van der Waals surface area (Å²) in [5.74, 6) is -1.07. The molecule has 0 heterocycles. The Morgan fingerprint density at radius 2 is 2.00 bits per heavy atom. The van der Waals surface area contributed by atoms with Gasteiger partial charge in [0.1, 0.15) is 6.04 Å². The SMILES string of the molecule is C[C@@H](O)[C@H](NCc1ccc(Cl)cc1)C(=O)O. The molecule has 3 N–H and O–H groups in total. The number of aliphatic carboxylic acids is 1. The van der Waals surface area contributed by atoms with Gasteiger partial charge >= 0.3 is 5.97 Å². The van der Waals surface area contributed by atoms with Crippen LogP contribution in [0.4, 0.5) is 0 Å². The van der Waals surface area contributed by atoms with Crippen LogP contribution < -0.4 is 5.32 Å². The maximum atomic E-state index is 10.8. The molecule has 0 saturated heterocycles. The zero-order valence-corrected chi connectivity index (χ0v) is 9.61. The Morgan fingerprint density at radius 1 is 1.44 bits per heavy atom. The lowest BCUT2D eigenvalue weighted by Gasteiger charge is -2.16. The number of carboxylic acid groups (broad SMARTS) is 1. The molecule has 0 bridgehead atoms. The number of hydrogen-bond acceptors (Lipinski definition) is 3. The zero-order chi connectivity index (χ0) is 12.1. The Bertz CT molecular complexity index is 351. The molecule has 0 fully saturated rings. The van der Waals surface area contributed by atoms with E-state index in [9.17, 15) is 9.90 Å². The molecule has 2 atom stereocenters. The Morgan fingerprint density at radius 3 is 2.44 bits per heavy atom. The zero-order valence-electron chi connectivity index (χ0n) is 8.85. The quantitative estimate of drug-likeness (QED) is 0.728. The first kappa shape index (κ1) is 13.0. The van der Waals surface area contributed by atoms with E-state index in [-0.39, 0.29) is 0 Å². The highest BCUT2D eigenvalue weighted by Gasteiger charge is 2.21. The van der Waals surface area contributed by atoms with Gasteiger partial charge in [0.05, 0.1) is 6.10 Å². The average Bonchev–Trinajstić information content (AvgIpc) is 2.20. The van der Waals surface area contributed by atoms with Crippen LogP contribution in [0.15, 0.2) is 24.3 Å². The predicted molar refractivity (Wildman–Crippen MR) is 61.4 cm³/mol. The van der Waals surface area contributed by atoms with Gasteiger partial charge in [0.25, 0.3) is 0 Å². The van der Waals surface area contributed by atoms with Gasteiger partial charge in [-0.15, -0.1) is 0 Å². The minimum absolute atomic E-state index is 0.374. The number of nitrogens with one attached hydrogen (secondary N) is 1. The van der Waals surface area contributed by atoms with E-state index in [1.807, 2.05) is 0 Å². The topological polar surface area (TPSA) is 69.6 Å². The Hall–Kier alpha value is -1.10. The van der Waals surface area contributed by atoms with Gasteiger partial charge in [-0.2, -0.15) is 0 Å². The van der Waals surface area contributed by atoms with E-state index >= 15 is 0 Å². The van der Waals surface area contributed by atoms with Crippen LogP contribution in [0.25, 0.3) is 0 Å². The number of aliphatic hydroxyl groups excluding tert-OH is 1. The number of carbonyl (C=O) groups is 1. The van der Waals surface area contributed by atoms with Crippen molar-refractivity contribution in [2.45, 2.75) is 25.6 Å². The lowest BCUT2D eigenvalue weighted by atomic mass is 10.1.